The number of alkyl halides is 3. The van der Waals surface area contributed by atoms with E-state index in [9.17, 15) is 27.9 Å². The van der Waals surface area contributed by atoms with E-state index in [0.29, 0.717) is 4.90 Å². The minimum Gasteiger partial charge on any atom is -0.391 e. The predicted molar refractivity (Wildman–Crippen MR) is 69.3 cm³/mol. The predicted octanol–water partition coefficient (Wildman–Crippen LogP) is 1.90. The Balaban J connectivity index is 2.92. The van der Waals surface area contributed by atoms with Gasteiger partial charge in [0, 0.05) is 0 Å². The highest BCUT2D eigenvalue weighted by atomic mass is 19.4. The van der Waals surface area contributed by atoms with Crippen molar-refractivity contribution in [1.29, 1.82) is 0 Å². The van der Waals surface area contributed by atoms with Crippen LogP contribution in [0, 0.1) is 11.8 Å². The number of imide groups is 1. The number of β-amino-alcohol motifs (C(OH)–C–C–N with tert-alkyl or cyclic N) is 1. The highest BCUT2D eigenvalue weighted by Gasteiger charge is 2.55. The molecular weight excluding hydrogens is 289 g/mol. The van der Waals surface area contributed by atoms with Crippen molar-refractivity contribution in [2.45, 2.75) is 51.9 Å². The molecule has 1 heterocycles. The van der Waals surface area contributed by atoms with Crippen molar-refractivity contribution in [1.82, 2.24) is 10.2 Å². The number of rotatable bonds is 5. The van der Waals surface area contributed by atoms with Crippen molar-refractivity contribution >= 4 is 11.9 Å². The summed E-state index contributed by atoms with van der Waals surface area (Å²) in [6.07, 6.45) is -7.83. The molecule has 0 aromatic heterocycles. The molecule has 0 aromatic rings. The zero-order valence-corrected chi connectivity index (χ0v) is 12.5. The molecule has 3 amide bonds. The lowest BCUT2D eigenvalue weighted by atomic mass is 9.77. The van der Waals surface area contributed by atoms with Crippen molar-refractivity contribution in [2.75, 3.05) is 6.54 Å². The molecule has 1 fully saturated rings. The van der Waals surface area contributed by atoms with Crippen LogP contribution in [0.1, 0.15) is 34.1 Å². The fraction of sp³-hybridized carbons (Fsp3) is 0.846. The molecule has 0 spiro atoms. The van der Waals surface area contributed by atoms with Crippen LogP contribution in [0.4, 0.5) is 18.0 Å². The van der Waals surface area contributed by atoms with Crippen molar-refractivity contribution in [3.8, 4) is 0 Å². The maximum absolute atomic E-state index is 12.5. The second-order valence-corrected chi connectivity index (χ2v) is 6.00. The van der Waals surface area contributed by atoms with Gasteiger partial charge < -0.3 is 10.4 Å². The largest absolute Gasteiger partial charge is 0.391 e. The number of nitrogens with one attached hydrogen (secondary N) is 1. The molecule has 2 N–H and O–H groups in total. The molecule has 1 rings (SSSR count). The van der Waals surface area contributed by atoms with Gasteiger partial charge in [-0.15, -0.1) is 0 Å². The molecular formula is C13H21F3N2O3. The van der Waals surface area contributed by atoms with Crippen molar-refractivity contribution < 1.29 is 27.9 Å². The van der Waals surface area contributed by atoms with Gasteiger partial charge in [-0.1, -0.05) is 27.7 Å². The molecule has 1 saturated heterocycles. The summed E-state index contributed by atoms with van der Waals surface area (Å²) in [5, 5.41) is 12.0. The number of hydrogen-bond donors (Lipinski definition) is 2. The Morgan fingerprint density at radius 3 is 2.00 bits per heavy atom. The molecule has 1 unspecified atom stereocenters. The number of halogens is 3. The van der Waals surface area contributed by atoms with E-state index in [1.807, 2.05) is 0 Å². The first-order valence-corrected chi connectivity index (χ1v) is 6.80. The summed E-state index contributed by atoms with van der Waals surface area (Å²) in [6.45, 7) is 6.37. The molecule has 5 nitrogen and oxygen atoms in total. The third-order valence-corrected chi connectivity index (χ3v) is 3.84. The fourth-order valence-corrected chi connectivity index (χ4v) is 2.77. The Kier molecular flexibility index (Phi) is 4.92. The molecule has 21 heavy (non-hydrogen) atoms. The summed E-state index contributed by atoms with van der Waals surface area (Å²) < 4.78 is 36.7. The van der Waals surface area contributed by atoms with Crippen LogP contribution in [0.25, 0.3) is 0 Å². The normalized spacial score (nSPS) is 20.4. The summed E-state index contributed by atoms with van der Waals surface area (Å²) in [5.41, 5.74) is -1.14. The van der Waals surface area contributed by atoms with Gasteiger partial charge in [-0.25, -0.2) is 4.79 Å². The first-order chi connectivity index (χ1) is 9.41. The van der Waals surface area contributed by atoms with Crippen molar-refractivity contribution in [3.63, 3.8) is 0 Å². The van der Waals surface area contributed by atoms with Crippen LogP contribution in [0.2, 0.25) is 0 Å². The molecule has 1 aliphatic heterocycles. The van der Waals surface area contributed by atoms with Crippen LogP contribution in [-0.4, -0.2) is 46.3 Å². The zero-order chi connectivity index (χ0) is 16.6. The average molecular weight is 310 g/mol. The first-order valence-electron chi connectivity index (χ1n) is 6.80. The van der Waals surface area contributed by atoms with Gasteiger partial charge in [-0.2, -0.15) is 13.2 Å². The number of carbonyl (C=O) groups excluding carboxylic acids is 2. The third kappa shape index (κ3) is 3.48. The Labute approximate surface area is 121 Å². The molecule has 0 radical (unpaired) electrons. The highest BCUT2D eigenvalue weighted by molar-refractivity contribution is 6.07. The summed E-state index contributed by atoms with van der Waals surface area (Å²) in [4.78, 5) is 25.1. The second kappa shape index (κ2) is 5.82. The van der Waals surface area contributed by atoms with E-state index in [1.54, 1.807) is 27.7 Å². The molecule has 0 bridgehead atoms. The summed E-state index contributed by atoms with van der Waals surface area (Å²) in [7, 11) is 0. The number of amides is 3. The molecule has 0 aliphatic carbocycles. The maximum atomic E-state index is 12.5. The molecule has 8 heteroatoms. The van der Waals surface area contributed by atoms with E-state index in [-0.39, 0.29) is 11.8 Å². The quantitative estimate of drug-likeness (QED) is 0.762. The fourth-order valence-electron chi connectivity index (χ4n) is 2.77. The maximum Gasteiger partial charge on any atom is 0.391 e. The minimum atomic E-state index is -4.55. The van der Waals surface area contributed by atoms with E-state index >= 15 is 0 Å². The first kappa shape index (κ1) is 17.7. The standard InChI is InChI=1S/C13H21F3N2O3/c1-7(2)13(8(3)4)10(20)18(11(21)17-13)6-9(19)5-12(14,15)16/h7-9,19H,5-6H2,1-4H3,(H,17,21). The van der Waals surface area contributed by atoms with Crippen LogP contribution in [0.15, 0.2) is 0 Å². The van der Waals surface area contributed by atoms with Crippen molar-refractivity contribution in [2.24, 2.45) is 11.8 Å². The van der Waals surface area contributed by atoms with Gasteiger partial charge >= 0.3 is 12.2 Å². The number of hydrogen-bond acceptors (Lipinski definition) is 3. The monoisotopic (exact) mass is 310 g/mol. The lowest BCUT2D eigenvalue weighted by molar-refractivity contribution is -0.157. The third-order valence-electron chi connectivity index (χ3n) is 3.84. The van der Waals surface area contributed by atoms with E-state index in [4.69, 9.17) is 0 Å². The SMILES string of the molecule is CC(C)C1(C(C)C)NC(=O)N(CC(O)CC(F)(F)F)C1=O. The molecule has 122 valence electrons. The minimum absolute atomic E-state index is 0.223. The number of aliphatic hydroxyl groups excluding tert-OH is 1. The average Bonchev–Trinajstić information content (AvgIpc) is 2.51. The van der Waals surface area contributed by atoms with Gasteiger partial charge in [0.1, 0.15) is 5.54 Å². The van der Waals surface area contributed by atoms with Gasteiger partial charge in [-0.3, -0.25) is 9.69 Å². The topological polar surface area (TPSA) is 69.6 Å². The van der Waals surface area contributed by atoms with Gasteiger partial charge in [0.05, 0.1) is 19.1 Å². The second-order valence-electron chi connectivity index (χ2n) is 6.00. The van der Waals surface area contributed by atoms with Gasteiger partial charge in [0.2, 0.25) is 0 Å². The Morgan fingerprint density at radius 1 is 1.19 bits per heavy atom. The lowest BCUT2D eigenvalue weighted by Gasteiger charge is -2.34. The number of aliphatic hydroxyl groups is 1. The highest BCUT2D eigenvalue weighted by Crippen LogP contribution is 2.33. The Hall–Kier alpha value is -1.31. The number of nitrogens with zero attached hydrogens (tertiary/aromatic N) is 1. The van der Waals surface area contributed by atoms with Crippen molar-refractivity contribution in [3.05, 3.63) is 0 Å². The lowest BCUT2D eigenvalue weighted by Crippen LogP contribution is -2.55. The number of urea groups is 1. The molecule has 1 aliphatic rings. The van der Waals surface area contributed by atoms with Crippen LogP contribution in [0.5, 0.6) is 0 Å². The molecule has 1 atom stereocenters. The van der Waals surface area contributed by atoms with Crippen LogP contribution < -0.4 is 5.32 Å². The van der Waals surface area contributed by atoms with Gasteiger partial charge in [0.15, 0.2) is 0 Å². The van der Waals surface area contributed by atoms with E-state index in [1.165, 1.54) is 0 Å². The van der Waals surface area contributed by atoms with Gasteiger partial charge in [-0.05, 0) is 11.8 Å². The zero-order valence-electron chi connectivity index (χ0n) is 12.5. The summed E-state index contributed by atoms with van der Waals surface area (Å²) in [5.74, 6) is -1.03. The number of carbonyl (C=O) groups is 2. The van der Waals surface area contributed by atoms with E-state index in [0.717, 1.165) is 0 Å². The Morgan fingerprint density at radius 2 is 1.67 bits per heavy atom. The van der Waals surface area contributed by atoms with Crippen LogP contribution in [0.3, 0.4) is 0 Å². The van der Waals surface area contributed by atoms with E-state index < -0.39 is 42.7 Å². The Bertz CT molecular complexity index is 413. The summed E-state index contributed by atoms with van der Waals surface area (Å²) in [6, 6.07) is -0.761. The van der Waals surface area contributed by atoms with Crippen LogP contribution >= 0.6 is 0 Å². The molecule has 0 saturated carbocycles. The smallest absolute Gasteiger partial charge is 0.391 e. The molecule has 0 aromatic carbocycles. The van der Waals surface area contributed by atoms with Gasteiger partial charge in [0.25, 0.3) is 5.91 Å². The van der Waals surface area contributed by atoms with Crippen LogP contribution in [-0.2, 0) is 4.79 Å². The summed E-state index contributed by atoms with van der Waals surface area (Å²) >= 11 is 0. The van der Waals surface area contributed by atoms with E-state index in [2.05, 4.69) is 5.32 Å².